The molecule has 1 aromatic rings. The molecule has 2 heterocycles. The minimum Gasteiger partial charge on any atom is -0.370 e. The van der Waals surface area contributed by atoms with E-state index >= 15 is 0 Å². The first-order valence-corrected chi connectivity index (χ1v) is 6.30. The van der Waals surface area contributed by atoms with Crippen LogP contribution in [0.25, 0.3) is 0 Å². The van der Waals surface area contributed by atoms with Crippen molar-refractivity contribution in [2.45, 2.75) is 45.6 Å². The molecule has 2 N–H and O–H groups in total. The maximum Gasteiger partial charge on any atom is 0.157 e. The van der Waals surface area contributed by atoms with Crippen LogP contribution >= 0.6 is 0 Å². The molecular formula is C13H21N3O. The zero-order chi connectivity index (χ0) is 12.4. The normalized spacial score (nSPS) is 21.8. The SMILES string of the molecule is Cc1nc(C2CCCO2)nc(C)c1C(C)CN. The van der Waals surface area contributed by atoms with Crippen molar-refractivity contribution in [2.24, 2.45) is 5.73 Å². The largest absolute Gasteiger partial charge is 0.370 e. The summed E-state index contributed by atoms with van der Waals surface area (Å²) in [6.07, 6.45) is 2.23. The Balaban J connectivity index is 2.33. The van der Waals surface area contributed by atoms with Gasteiger partial charge in [0, 0.05) is 18.0 Å². The van der Waals surface area contributed by atoms with E-state index in [9.17, 15) is 0 Å². The fraction of sp³-hybridized carbons (Fsp3) is 0.692. The van der Waals surface area contributed by atoms with Crippen LogP contribution in [0.15, 0.2) is 0 Å². The molecule has 4 heteroatoms. The number of nitrogens with two attached hydrogens (primary N) is 1. The summed E-state index contributed by atoms with van der Waals surface area (Å²) in [5.74, 6) is 1.15. The van der Waals surface area contributed by atoms with Gasteiger partial charge in [0.2, 0.25) is 0 Å². The Hall–Kier alpha value is -1.00. The zero-order valence-corrected chi connectivity index (χ0v) is 10.9. The van der Waals surface area contributed by atoms with Crippen LogP contribution in [0, 0.1) is 13.8 Å². The van der Waals surface area contributed by atoms with E-state index in [0.29, 0.717) is 12.5 Å². The summed E-state index contributed by atoms with van der Waals surface area (Å²) in [4.78, 5) is 9.19. The Labute approximate surface area is 103 Å². The minimum absolute atomic E-state index is 0.0923. The first kappa shape index (κ1) is 12.5. The summed E-state index contributed by atoms with van der Waals surface area (Å²) in [7, 11) is 0. The van der Waals surface area contributed by atoms with Gasteiger partial charge in [-0.3, -0.25) is 0 Å². The Morgan fingerprint density at radius 1 is 1.35 bits per heavy atom. The van der Waals surface area contributed by atoms with E-state index in [2.05, 4.69) is 16.9 Å². The van der Waals surface area contributed by atoms with Gasteiger partial charge in [0.25, 0.3) is 0 Å². The van der Waals surface area contributed by atoms with Crippen molar-refractivity contribution in [3.8, 4) is 0 Å². The summed E-state index contributed by atoms with van der Waals surface area (Å²) >= 11 is 0. The molecule has 1 fully saturated rings. The number of ether oxygens (including phenoxy) is 1. The number of nitrogens with zero attached hydrogens (tertiary/aromatic N) is 2. The van der Waals surface area contributed by atoms with Gasteiger partial charge < -0.3 is 10.5 Å². The van der Waals surface area contributed by atoms with Crippen LogP contribution in [0.3, 0.4) is 0 Å². The molecule has 2 atom stereocenters. The molecule has 0 radical (unpaired) electrons. The molecule has 0 amide bonds. The van der Waals surface area contributed by atoms with Crippen LogP contribution in [-0.4, -0.2) is 23.1 Å². The van der Waals surface area contributed by atoms with Crippen molar-refractivity contribution in [2.75, 3.05) is 13.2 Å². The van der Waals surface area contributed by atoms with E-state index in [0.717, 1.165) is 36.7 Å². The summed E-state index contributed by atoms with van der Waals surface area (Å²) in [6.45, 7) is 7.64. The highest BCUT2D eigenvalue weighted by molar-refractivity contribution is 5.28. The molecule has 2 unspecified atom stereocenters. The second kappa shape index (κ2) is 5.10. The summed E-state index contributed by atoms with van der Waals surface area (Å²) < 4.78 is 5.63. The highest BCUT2D eigenvalue weighted by Crippen LogP contribution is 2.28. The molecule has 2 rings (SSSR count). The highest BCUT2D eigenvalue weighted by Gasteiger charge is 2.23. The smallest absolute Gasteiger partial charge is 0.157 e. The fourth-order valence-electron chi connectivity index (χ4n) is 2.51. The van der Waals surface area contributed by atoms with Crippen molar-refractivity contribution in [3.63, 3.8) is 0 Å². The first-order chi connectivity index (χ1) is 8.13. The molecule has 0 aromatic carbocycles. The maximum absolute atomic E-state index is 5.72. The lowest BCUT2D eigenvalue weighted by atomic mass is 9.98. The molecule has 94 valence electrons. The van der Waals surface area contributed by atoms with E-state index < -0.39 is 0 Å². The number of rotatable bonds is 3. The molecule has 17 heavy (non-hydrogen) atoms. The van der Waals surface area contributed by atoms with Gasteiger partial charge in [0.15, 0.2) is 5.82 Å². The highest BCUT2D eigenvalue weighted by atomic mass is 16.5. The number of aryl methyl sites for hydroxylation is 2. The van der Waals surface area contributed by atoms with Crippen molar-refractivity contribution in [1.82, 2.24) is 9.97 Å². The van der Waals surface area contributed by atoms with Gasteiger partial charge >= 0.3 is 0 Å². The van der Waals surface area contributed by atoms with E-state index in [-0.39, 0.29) is 6.10 Å². The first-order valence-electron chi connectivity index (χ1n) is 6.30. The van der Waals surface area contributed by atoms with Gasteiger partial charge in [-0.25, -0.2) is 9.97 Å². The van der Waals surface area contributed by atoms with Gasteiger partial charge in [-0.05, 0) is 44.7 Å². The molecule has 0 spiro atoms. The standard InChI is InChI=1S/C13H21N3O/c1-8(7-14)12-9(2)15-13(16-10(12)3)11-5-4-6-17-11/h8,11H,4-7,14H2,1-3H3. The van der Waals surface area contributed by atoms with Crippen LogP contribution in [0.5, 0.6) is 0 Å². The van der Waals surface area contributed by atoms with E-state index in [1.165, 1.54) is 5.56 Å². The lowest BCUT2D eigenvalue weighted by Crippen LogP contribution is -2.15. The van der Waals surface area contributed by atoms with Crippen molar-refractivity contribution in [3.05, 3.63) is 22.8 Å². The predicted molar refractivity (Wildman–Crippen MR) is 66.9 cm³/mol. The van der Waals surface area contributed by atoms with Crippen molar-refractivity contribution in [1.29, 1.82) is 0 Å². The molecule has 0 saturated carbocycles. The summed E-state index contributed by atoms with van der Waals surface area (Å²) in [5.41, 5.74) is 9.00. The number of hydrogen-bond acceptors (Lipinski definition) is 4. The van der Waals surface area contributed by atoms with Gasteiger partial charge in [0.05, 0.1) is 0 Å². The van der Waals surface area contributed by atoms with Crippen LogP contribution in [0.4, 0.5) is 0 Å². The van der Waals surface area contributed by atoms with Crippen LogP contribution in [-0.2, 0) is 4.74 Å². The van der Waals surface area contributed by atoms with E-state index in [1.807, 2.05) is 13.8 Å². The zero-order valence-electron chi connectivity index (χ0n) is 10.9. The monoisotopic (exact) mass is 235 g/mol. The third-order valence-corrected chi connectivity index (χ3v) is 3.41. The van der Waals surface area contributed by atoms with Gasteiger partial charge in [0.1, 0.15) is 6.10 Å². The molecule has 1 saturated heterocycles. The third kappa shape index (κ3) is 2.48. The summed E-state index contributed by atoms with van der Waals surface area (Å²) in [6, 6.07) is 0. The quantitative estimate of drug-likeness (QED) is 0.870. The average molecular weight is 235 g/mol. The molecule has 0 aliphatic carbocycles. The third-order valence-electron chi connectivity index (χ3n) is 3.41. The Morgan fingerprint density at radius 3 is 2.47 bits per heavy atom. The topological polar surface area (TPSA) is 61.0 Å². The lowest BCUT2D eigenvalue weighted by molar-refractivity contribution is 0.104. The molecule has 1 aliphatic rings. The molecule has 0 bridgehead atoms. The second-order valence-corrected chi connectivity index (χ2v) is 4.80. The summed E-state index contributed by atoms with van der Waals surface area (Å²) in [5, 5.41) is 0. The molecular weight excluding hydrogens is 214 g/mol. The van der Waals surface area contributed by atoms with Gasteiger partial charge in [-0.15, -0.1) is 0 Å². The predicted octanol–water partition coefficient (Wildman–Crippen LogP) is 2.01. The fourth-order valence-corrected chi connectivity index (χ4v) is 2.51. The molecule has 1 aliphatic heterocycles. The average Bonchev–Trinajstić information content (AvgIpc) is 2.81. The van der Waals surface area contributed by atoms with Crippen LogP contribution in [0.2, 0.25) is 0 Å². The van der Waals surface area contributed by atoms with Crippen molar-refractivity contribution >= 4 is 0 Å². The molecule has 4 nitrogen and oxygen atoms in total. The van der Waals surface area contributed by atoms with E-state index in [1.54, 1.807) is 0 Å². The minimum atomic E-state index is 0.0923. The molecule has 1 aromatic heterocycles. The number of hydrogen-bond donors (Lipinski definition) is 1. The van der Waals surface area contributed by atoms with Crippen molar-refractivity contribution < 1.29 is 4.74 Å². The Bertz CT molecular complexity index is 377. The number of aromatic nitrogens is 2. The lowest BCUT2D eigenvalue weighted by Gasteiger charge is -2.17. The van der Waals surface area contributed by atoms with Gasteiger partial charge in [-0.2, -0.15) is 0 Å². The Morgan fingerprint density at radius 2 is 2.00 bits per heavy atom. The second-order valence-electron chi connectivity index (χ2n) is 4.80. The maximum atomic E-state index is 5.72. The Kier molecular flexibility index (Phi) is 3.74. The van der Waals surface area contributed by atoms with Gasteiger partial charge in [-0.1, -0.05) is 6.92 Å². The van der Waals surface area contributed by atoms with Crippen LogP contribution < -0.4 is 5.73 Å². The van der Waals surface area contributed by atoms with E-state index in [4.69, 9.17) is 10.5 Å². The van der Waals surface area contributed by atoms with Crippen LogP contribution in [0.1, 0.15) is 54.6 Å².